The fraction of sp³-hybridized carbons (Fsp3) is 0.159. The third-order valence-electron chi connectivity index (χ3n) is 13.3. The highest BCUT2D eigenvalue weighted by atomic mass is 16.5. The van der Waals surface area contributed by atoms with Crippen molar-refractivity contribution in [3.63, 3.8) is 0 Å². The molecule has 0 spiro atoms. The van der Waals surface area contributed by atoms with Gasteiger partial charge in [-0.3, -0.25) is 40.3 Å². The van der Waals surface area contributed by atoms with E-state index < -0.39 is 0 Å². The lowest BCUT2D eigenvalue weighted by Crippen LogP contribution is -2.13. The summed E-state index contributed by atoms with van der Waals surface area (Å²) in [6.07, 6.45) is 26.6. The number of fused-ring (bicyclic) bond motifs is 4. The number of H-pyrrole nitrogens is 4. The van der Waals surface area contributed by atoms with Crippen LogP contribution >= 0.6 is 0 Å². The molecule has 0 aliphatic heterocycles. The summed E-state index contributed by atoms with van der Waals surface area (Å²) < 4.78 is 5.03. The van der Waals surface area contributed by atoms with E-state index in [2.05, 4.69) is 109 Å². The van der Waals surface area contributed by atoms with Crippen LogP contribution in [0.3, 0.4) is 0 Å². The number of aromatic amines is 4. The summed E-state index contributed by atoms with van der Waals surface area (Å²) in [4.78, 5) is 28.5. The molecule has 12 rings (SSSR count). The van der Waals surface area contributed by atoms with Gasteiger partial charge < -0.3 is 20.3 Å². The Morgan fingerprint density at radius 3 is 1.38 bits per heavy atom. The van der Waals surface area contributed by atoms with E-state index >= 15 is 0 Å². The number of pyridine rings is 4. The highest BCUT2D eigenvalue weighted by Crippen LogP contribution is 2.32. The van der Waals surface area contributed by atoms with Crippen LogP contribution < -0.4 is 5.32 Å². The normalized spacial score (nSPS) is 12.2. The fourth-order valence-electron chi connectivity index (χ4n) is 9.36. The molecule has 8 heterocycles. The first kappa shape index (κ1) is 55.0. The third-order valence-corrected chi connectivity index (χ3v) is 13.3. The SMILES string of the molecule is CCOC(=O)/C=C(\c1cccnc1)c1ccc2cn[nH]c2c1.CNCCC(c1cccnc1)c1ccc2cn[nH]c2c1.OC/C=C(\c1cccnc1)c1ccc2cn[nH]c2c1.OCCC(c1cccnc1)c1ccc2cn[nH]c2c1. The summed E-state index contributed by atoms with van der Waals surface area (Å²) in [6.45, 7) is 3.24. The number of hydrogen-bond acceptors (Lipinski definition) is 13. The molecular formula is C63H61N13O4. The van der Waals surface area contributed by atoms with Crippen molar-refractivity contribution >= 4 is 60.7 Å². The number of carbonyl (C=O) groups is 1. The Balaban J connectivity index is 0.000000129. The number of aliphatic hydroxyl groups excluding tert-OH is 2. The van der Waals surface area contributed by atoms with Crippen molar-refractivity contribution in [2.75, 3.05) is 33.4 Å². The molecule has 0 bridgehead atoms. The van der Waals surface area contributed by atoms with Gasteiger partial charge in [-0.05, 0) is 126 Å². The van der Waals surface area contributed by atoms with Crippen LogP contribution in [-0.2, 0) is 9.53 Å². The Morgan fingerprint density at radius 2 is 0.950 bits per heavy atom. The minimum Gasteiger partial charge on any atom is -0.463 e. The van der Waals surface area contributed by atoms with Gasteiger partial charge in [0.25, 0.3) is 0 Å². The maximum absolute atomic E-state index is 11.9. The second-order valence-electron chi connectivity index (χ2n) is 18.5. The average Bonchev–Trinajstić information content (AvgIpc) is 4.45. The Kier molecular flexibility index (Phi) is 19.2. The molecule has 0 aliphatic rings. The number of ether oxygens (including phenoxy) is 1. The highest BCUT2D eigenvalue weighted by Gasteiger charge is 2.17. The van der Waals surface area contributed by atoms with Crippen LogP contribution in [-0.4, -0.2) is 110 Å². The lowest BCUT2D eigenvalue weighted by Gasteiger charge is -2.17. The summed E-state index contributed by atoms with van der Waals surface area (Å²) in [5.74, 6) is 0.140. The molecule has 4 aromatic carbocycles. The molecule has 7 N–H and O–H groups in total. The van der Waals surface area contributed by atoms with Gasteiger partial charge in [-0.1, -0.05) is 78.9 Å². The number of aromatic nitrogens is 12. The van der Waals surface area contributed by atoms with E-state index in [0.717, 1.165) is 95.5 Å². The summed E-state index contributed by atoms with van der Waals surface area (Å²) in [5.41, 5.74) is 14.3. The lowest BCUT2D eigenvalue weighted by molar-refractivity contribution is -0.137. The predicted octanol–water partition coefficient (Wildman–Crippen LogP) is 10.5. The smallest absolute Gasteiger partial charge is 0.331 e. The number of carbonyl (C=O) groups excluding carboxylic acids is 1. The highest BCUT2D eigenvalue weighted by molar-refractivity contribution is 5.97. The van der Waals surface area contributed by atoms with Crippen molar-refractivity contribution in [3.8, 4) is 0 Å². The maximum atomic E-state index is 11.9. The van der Waals surface area contributed by atoms with E-state index in [9.17, 15) is 15.0 Å². The molecule has 17 nitrogen and oxygen atoms in total. The quantitative estimate of drug-likeness (QED) is 0.0352. The van der Waals surface area contributed by atoms with Crippen LogP contribution in [0.25, 0.3) is 54.8 Å². The van der Waals surface area contributed by atoms with Crippen molar-refractivity contribution < 1.29 is 19.7 Å². The van der Waals surface area contributed by atoms with Gasteiger partial charge in [0.2, 0.25) is 0 Å². The first-order valence-corrected chi connectivity index (χ1v) is 26.2. The van der Waals surface area contributed by atoms with Gasteiger partial charge in [0.15, 0.2) is 0 Å². The van der Waals surface area contributed by atoms with E-state index in [4.69, 9.17) is 4.74 Å². The molecule has 2 atom stereocenters. The Morgan fingerprint density at radius 1 is 0.512 bits per heavy atom. The molecule has 0 amide bonds. The van der Waals surface area contributed by atoms with Gasteiger partial charge in [0, 0.05) is 107 Å². The van der Waals surface area contributed by atoms with Crippen LogP contribution in [0.4, 0.5) is 0 Å². The van der Waals surface area contributed by atoms with Crippen LogP contribution in [0, 0.1) is 0 Å². The molecule has 0 radical (unpaired) electrons. The summed E-state index contributed by atoms with van der Waals surface area (Å²) in [7, 11) is 1.98. The number of hydrogen-bond donors (Lipinski definition) is 7. The van der Waals surface area contributed by atoms with E-state index in [-0.39, 0.29) is 25.1 Å². The first-order valence-electron chi connectivity index (χ1n) is 26.2. The zero-order valence-corrected chi connectivity index (χ0v) is 44.3. The average molecular weight is 1060 g/mol. The molecule has 0 saturated carbocycles. The van der Waals surface area contributed by atoms with Gasteiger partial charge in [-0.25, -0.2) is 4.79 Å². The van der Waals surface area contributed by atoms with Crippen molar-refractivity contribution in [3.05, 3.63) is 252 Å². The Hall–Kier alpha value is -9.81. The van der Waals surface area contributed by atoms with Crippen molar-refractivity contribution in [2.24, 2.45) is 0 Å². The minimum atomic E-state index is -0.369. The second kappa shape index (κ2) is 28.0. The van der Waals surface area contributed by atoms with Gasteiger partial charge in [0.05, 0.1) is 60.1 Å². The van der Waals surface area contributed by atoms with Gasteiger partial charge in [-0.15, -0.1) is 0 Å². The van der Waals surface area contributed by atoms with Crippen molar-refractivity contribution in [1.29, 1.82) is 0 Å². The Labute approximate surface area is 462 Å². The van der Waals surface area contributed by atoms with E-state index in [1.165, 1.54) is 22.8 Å². The van der Waals surface area contributed by atoms with Crippen LogP contribution in [0.2, 0.25) is 0 Å². The van der Waals surface area contributed by atoms with Gasteiger partial charge >= 0.3 is 5.97 Å². The monoisotopic (exact) mass is 1060 g/mol. The Bertz CT molecular complexity index is 3900. The maximum Gasteiger partial charge on any atom is 0.331 e. The molecule has 0 fully saturated rings. The van der Waals surface area contributed by atoms with Gasteiger partial charge in [0.1, 0.15) is 0 Å². The summed E-state index contributed by atoms with van der Waals surface area (Å²) >= 11 is 0. The van der Waals surface area contributed by atoms with E-state index in [1.54, 1.807) is 56.4 Å². The predicted molar refractivity (Wildman–Crippen MR) is 313 cm³/mol. The van der Waals surface area contributed by atoms with Gasteiger partial charge in [-0.2, -0.15) is 20.4 Å². The molecule has 12 aromatic rings. The standard InChI is InChI=1S/C17H15N3O2.C16H18N4.C15H15N3O.C15H13N3O/c1-2-22-17(21)9-15(13-4-3-7-18-10-13)12-5-6-14-11-19-20-16(14)8-12;1-17-8-6-15(13-3-2-7-18-10-13)12-4-5-14-11-19-20-16(14)9-12;2*19-7-5-14(12-2-1-6-16-9-12)11-3-4-13-10-17-18-15(13)8-11/h3-11H,2H2,1H3,(H,19,20);2-5,7,9-11,15,17H,6,8H2,1H3,(H,19,20);1-4,6,8-10,14,19H,5,7H2,(H,17,18);1-6,8-10,19H,7H2,(H,17,18)/b15-9-;;;14-5-. The number of benzene rings is 4. The number of nitrogens with one attached hydrogen (secondary N) is 5. The molecule has 0 saturated heterocycles. The van der Waals surface area contributed by atoms with Crippen LogP contribution in [0.15, 0.2) is 208 Å². The number of rotatable bonds is 16. The number of nitrogens with zero attached hydrogens (tertiary/aromatic N) is 8. The second-order valence-corrected chi connectivity index (χ2v) is 18.5. The summed E-state index contributed by atoms with van der Waals surface area (Å²) in [5, 5.41) is 54.1. The molecule has 2 unspecified atom stereocenters. The fourth-order valence-corrected chi connectivity index (χ4v) is 9.36. The van der Waals surface area contributed by atoms with E-state index in [1.807, 2.05) is 117 Å². The number of aliphatic hydroxyl groups is 2. The zero-order valence-electron chi connectivity index (χ0n) is 44.3. The van der Waals surface area contributed by atoms with Crippen LogP contribution in [0.5, 0.6) is 0 Å². The summed E-state index contributed by atoms with van der Waals surface area (Å²) in [6, 6.07) is 40.4. The zero-order chi connectivity index (χ0) is 55.3. The largest absolute Gasteiger partial charge is 0.463 e. The minimum absolute atomic E-state index is 0.00869. The molecule has 8 aromatic heterocycles. The van der Waals surface area contributed by atoms with Crippen molar-refractivity contribution in [2.45, 2.75) is 31.6 Å². The lowest BCUT2D eigenvalue weighted by atomic mass is 9.89. The molecule has 17 heteroatoms. The topological polar surface area (TPSA) is 245 Å². The van der Waals surface area contributed by atoms with Crippen molar-refractivity contribution in [1.82, 2.24) is 66.0 Å². The first-order chi connectivity index (χ1) is 39.4. The van der Waals surface area contributed by atoms with Crippen LogP contribution in [0.1, 0.15) is 76.1 Å². The molecule has 80 heavy (non-hydrogen) atoms. The van der Waals surface area contributed by atoms with E-state index in [0.29, 0.717) is 18.9 Å². The molecular weight excluding hydrogens is 1000 g/mol. The number of esters is 1. The molecule has 0 aliphatic carbocycles. The molecule has 402 valence electrons. The third kappa shape index (κ3) is 14.2.